The fourth-order valence-electron chi connectivity index (χ4n) is 3.80. The van der Waals surface area contributed by atoms with Gasteiger partial charge in [-0.25, -0.2) is 0 Å². The van der Waals surface area contributed by atoms with E-state index in [4.69, 9.17) is 5.73 Å². The molecule has 19 heavy (non-hydrogen) atoms. The standard InChI is InChI=1S/C16H22N2O/c1-2-11-5-6-13(9-15(11)17)18-16(19)14-8-10-3-4-12(14)7-10/h5-6,9-10,12,14H,2-4,7-8,17H2,1H3,(H,18,19). The summed E-state index contributed by atoms with van der Waals surface area (Å²) in [5.41, 5.74) is 8.71. The van der Waals surface area contributed by atoms with Gasteiger partial charge in [-0.1, -0.05) is 19.4 Å². The fourth-order valence-corrected chi connectivity index (χ4v) is 3.80. The summed E-state index contributed by atoms with van der Waals surface area (Å²) in [6.45, 7) is 2.08. The third-order valence-electron chi connectivity index (χ3n) is 4.87. The van der Waals surface area contributed by atoms with Crippen LogP contribution in [0.5, 0.6) is 0 Å². The fraction of sp³-hybridized carbons (Fsp3) is 0.562. The highest BCUT2D eigenvalue weighted by Gasteiger charge is 2.42. The summed E-state index contributed by atoms with van der Waals surface area (Å²) in [7, 11) is 0. The second kappa shape index (κ2) is 4.87. The first-order chi connectivity index (χ1) is 9.17. The number of nitrogens with two attached hydrogens (primary N) is 1. The van der Waals surface area contributed by atoms with Crippen LogP contribution in [-0.4, -0.2) is 5.91 Å². The molecule has 0 saturated heterocycles. The van der Waals surface area contributed by atoms with Crippen LogP contribution in [0.2, 0.25) is 0 Å². The van der Waals surface area contributed by atoms with Gasteiger partial charge in [0, 0.05) is 17.3 Å². The number of carbonyl (C=O) groups excluding carboxylic acids is 1. The van der Waals surface area contributed by atoms with Crippen molar-refractivity contribution in [2.24, 2.45) is 17.8 Å². The Morgan fingerprint density at radius 2 is 2.21 bits per heavy atom. The Morgan fingerprint density at radius 1 is 1.37 bits per heavy atom. The molecule has 3 heteroatoms. The Labute approximate surface area is 114 Å². The smallest absolute Gasteiger partial charge is 0.227 e. The van der Waals surface area contributed by atoms with Crippen LogP contribution in [0.15, 0.2) is 18.2 Å². The van der Waals surface area contributed by atoms with Crippen molar-refractivity contribution < 1.29 is 4.79 Å². The summed E-state index contributed by atoms with van der Waals surface area (Å²) in [4.78, 5) is 12.3. The van der Waals surface area contributed by atoms with Crippen molar-refractivity contribution in [1.29, 1.82) is 0 Å². The van der Waals surface area contributed by atoms with Gasteiger partial charge < -0.3 is 11.1 Å². The van der Waals surface area contributed by atoms with Gasteiger partial charge in [-0.2, -0.15) is 0 Å². The molecule has 2 saturated carbocycles. The molecule has 0 heterocycles. The predicted octanol–water partition coefficient (Wildman–Crippen LogP) is 3.21. The molecule has 1 amide bonds. The molecule has 0 spiro atoms. The average molecular weight is 258 g/mol. The zero-order valence-electron chi connectivity index (χ0n) is 11.5. The molecule has 0 aromatic heterocycles. The minimum Gasteiger partial charge on any atom is -0.398 e. The zero-order valence-corrected chi connectivity index (χ0v) is 11.5. The van der Waals surface area contributed by atoms with E-state index in [0.717, 1.165) is 35.7 Å². The number of aryl methyl sites for hydroxylation is 1. The number of fused-ring (bicyclic) bond motifs is 2. The third-order valence-corrected chi connectivity index (χ3v) is 4.87. The molecule has 0 aliphatic heterocycles. The van der Waals surface area contributed by atoms with E-state index in [0.29, 0.717) is 5.92 Å². The predicted molar refractivity (Wildman–Crippen MR) is 77.8 cm³/mol. The highest BCUT2D eigenvalue weighted by molar-refractivity contribution is 5.93. The molecule has 1 aromatic carbocycles. The molecule has 3 atom stereocenters. The highest BCUT2D eigenvalue weighted by Crippen LogP contribution is 2.48. The average Bonchev–Trinajstić information content (AvgIpc) is 3.01. The maximum Gasteiger partial charge on any atom is 0.227 e. The van der Waals surface area contributed by atoms with Gasteiger partial charge >= 0.3 is 0 Å². The number of amides is 1. The second-order valence-electron chi connectivity index (χ2n) is 6.04. The minimum absolute atomic E-state index is 0.191. The molecular formula is C16H22N2O. The molecule has 2 fully saturated rings. The number of nitrogen functional groups attached to an aromatic ring is 1. The number of carbonyl (C=O) groups is 1. The van der Waals surface area contributed by atoms with Gasteiger partial charge in [-0.3, -0.25) is 4.79 Å². The van der Waals surface area contributed by atoms with Crippen molar-refractivity contribution in [3.8, 4) is 0 Å². The van der Waals surface area contributed by atoms with Crippen molar-refractivity contribution in [1.82, 2.24) is 0 Å². The number of hydrogen-bond donors (Lipinski definition) is 2. The molecule has 1 aromatic rings. The Morgan fingerprint density at radius 3 is 2.79 bits per heavy atom. The molecule has 102 valence electrons. The van der Waals surface area contributed by atoms with Crippen molar-refractivity contribution in [2.75, 3.05) is 11.1 Å². The monoisotopic (exact) mass is 258 g/mol. The van der Waals surface area contributed by atoms with Crippen LogP contribution in [0, 0.1) is 17.8 Å². The van der Waals surface area contributed by atoms with Gasteiger partial charge in [0.25, 0.3) is 0 Å². The lowest BCUT2D eigenvalue weighted by Gasteiger charge is -2.21. The molecule has 2 bridgehead atoms. The van der Waals surface area contributed by atoms with E-state index in [-0.39, 0.29) is 11.8 Å². The zero-order chi connectivity index (χ0) is 13.4. The lowest BCUT2D eigenvalue weighted by atomic mass is 9.88. The Balaban J connectivity index is 1.68. The quantitative estimate of drug-likeness (QED) is 0.818. The SMILES string of the molecule is CCc1ccc(NC(=O)C2CC3CCC2C3)cc1N. The van der Waals surface area contributed by atoms with E-state index in [9.17, 15) is 4.79 Å². The van der Waals surface area contributed by atoms with E-state index in [1.807, 2.05) is 18.2 Å². The minimum atomic E-state index is 0.191. The molecule has 3 nitrogen and oxygen atoms in total. The van der Waals surface area contributed by atoms with Crippen LogP contribution < -0.4 is 11.1 Å². The molecule has 3 N–H and O–H groups in total. The van der Waals surface area contributed by atoms with Crippen LogP contribution in [-0.2, 0) is 11.2 Å². The summed E-state index contributed by atoms with van der Waals surface area (Å²) in [6.07, 6.45) is 5.83. The van der Waals surface area contributed by atoms with Crippen LogP contribution in [0.4, 0.5) is 11.4 Å². The van der Waals surface area contributed by atoms with Gasteiger partial charge in [-0.05, 0) is 55.2 Å². The normalized spacial score (nSPS) is 28.6. The van der Waals surface area contributed by atoms with Gasteiger partial charge in [0.1, 0.15) is 0 Å². The maximum absolute atomic E-state index is 12.3. The van der Waals surface area contributed by atoms with Gasteiger partial charge in [0.15, 0.2) is 0 Å². The van der Waals surface area contributed by atoms with E-state index in [1.54, 1.807) is 0 Å². The van der Waals surface area contributed by atoms with E-state index in [1.165, 1.54) is 19.3 Å². The van der Waals surface area contributed by atoms with Crippen molar-refractivity contribution in [3.63, 3.8) is 0 Å². The second-order valence-corrected chi connectivity index (χ2v) is 6.04. The van der Waals surface area contributed by atoms with Crippen LogP contribution >= 0.6 is 0 Å². The summed E-state index contributed by atoms with van der Waals surface area (Å²) < 4.78 is 0. The van der Waals surface area contributed by atoms with E-state index < -0.39 is 0 Å². The number of benzene rings is 1. The van der Waals surface area contributed by atoms with E-state index in [2.05, 4.69) is 12.2 Å². The number of anilines is 2. The van der Waals surface area contributed by atoms with Gasteiger partial charge in [0.2, 0.25) is 5.91 Å². The molecule has 2 aliphatic rings. The summed E-state index contributed by atoms with van der Waals surface area (Å²) in [5.74, 6) is 1.84. The summed E-state index contributed by atoms with van der Waals surface area (Å²) in [6, 6.07) is 5.84. The maximum atomic E-state index is 12.3. The van der Waals surface area contributed by atoms with Crippen molar-refractivity contribution >= 4 is 17.3 Å². The van der Waals surface area contributed by atoms with Crippen molar-refractivity contribution in [3.05, 3.63) is 23.8 Å². The molecule has 3 rings (SSSR count). The Bertz CT molecular complexity index is 498. The van der Waals surface area contributed by atoms with E-state index >= 15 is 0 Å². The van der Waals surface area contributed by atoms with Crippen LogP contribution in [0.1, 0.15) is 38.2 Å². The first-order valence-electron chi connectivity index (χ1n) is 7.36. The largest absolute Gasteiger partial charge is 0.398 e. The third kappa shape index (κ3) is 2.34. The molecule has 3 unspecified atom stereocenters. The highest BCUT2D eigenvalue weighted by atomic mass is 16.1. The molecule has 2 aliphatic carbocycles. The summed E-state index contributed by atoms with van der Waals surface area (Å²) in [5, 5.41) is 3.04. The Hall–Kier alpha value is -1.51. The first-order valence-corrected chi connectivity index (χ1v) is 7.36. The molecule has 0 radical (unpaired) electrons. The van der Waals surface area contributed by atoms with Crippen LogP contribution in [0.25, 0.3) is 0 Å². The van der Waals surface area contributed by atoms with Gasteiger partial charge in [-0.15, -0.1) is 0 Å². The topological polar surface area (TPSA) is 55.1 Å². The number of hydrogen-bond acceptors (Lipinski definition) is 2. The van der Waals surface area contributed by atoms with Crippen molar-refractivity contribution in [2.45, 2.75) is 39.0 Å². The number of nitrogens with one attached hydrogen (secondary N) is 1. The first kappa shape index (κ1) is 12.5. The summed E-state index contributed by atoms with van der Waals surface area (Å²) >= 11 is 0. The van der Waals surface area contributed by atoms with Gasteiger partial charge in [0.05, 0.1) is 0 Å². The number of rotatable bonds is 3. The lowest BCUT2D eigenvalue weighted by molar-refractivity contribution is -0.121. The molecular weight excluding hydrogens is 236 g/mol. The Kier molecular flexibility index (Phi) is 3.21. The lowest BCUT2D eigenvalue weighted by Crippen LogP contribution is -2.27. The van der Waals surface area contributed by atoms with Crippen LogP contribution in [0.3, 0.4) is 0 Å².